The maximum absolute atomic E-state index is 13.1. The Morgan fingerprint density at radius 3 is 2.42 bits per heavy atom. The van der Waals surface area contributed by atoms with E-state index < -0.39 is 11.7 Å². The highest BCUT2D eigenvalue weighted by Crippen LogP contribution is 2.37. The van der Waals surface area contributed by atoms with Gasteiger partial charge in [0.2, 0.25) is 0 Å². The monoisotopic (exact) mass is 271 g/mol. The molecule has 1 aromatic carbocycles. The molecule has 0 unspecified atom stereocenters. The Hall–Kier alpha value is -1.52. The van der Waals surface area contributed by atoms with Crippen molar-refractivity contribution < 1.29 is 18.0 Å². The normalized spacial score (nSPS) is 15.9. The minimum Gasteiger partial charge on any atom is -0.341 e. The predicted molar refractivity (Wildman–Crippen MR) is 66.2 cm³/mol. The van der Waals surface area contributed by atoms with Crippen molar-refractivity contribution in [3.8, 4) is 0 Å². The van der Waals surface area contributed by atoms with Crippen LogP contribution in [0.4, 0.5) is 13.2 Å². The van der Waals surface area contributed by atoms with Gasteiger partial charge in [0.05, 0.1) is 5.56 Å². The van der Waals surface area contributed by atoms with E-state index in [1.165, 1.54) is 4.90 Å². The molecule has 104 valence electrons. The maximum atomic E-state index is 13.1. The lowest BCUT2D eigenvalue weighted by Gasteiger charge is -2.27. The number of nitrogens with zero attached hydrogens (tertiary/aromatic N) is 1. The van der Waals surface area contributed by atoms with Crippen molar-refractivity contribution >= 4 is 5.91 Å². The summed E-state index contributed by atoms with van der Waals surface area (Å²) in [7, 11) is 1.61. The second-order valence-electron chi connectivity index (χ2n) is 5.23. The fraction of sp³-hybridized carbons (Fsp3) is 0.500. The lowest BCUT2D eigenvalue weighted by Crippen LogP contribution is -2.34. The average molecular weight is 271 g/mol. The first kappa shape index (κ1) is 13.9. The number of hydrogen-bond donors (Lipinski definition) is 0. The molecule has 1 amide bonds. The quantitative estimate of drug-likeness (QED) is 0.766. The van der Waals surface area contributed by atoms with E-state index in [4.69, 9.17) is 0 Å². The first-order valence-corrected chi connectivity index (χ1v) is 6.21. The van der Waals surface area contributed by atoms with E-state index in [0.29, 0.717) is 13.0 Å². The van der Waals surface area contributed by atoms with Gasteiger partial charge in [0.25, 0.3) is 5.91 Å². The molecule has 1 aromatic rings. The van der Waals surface area contributed by atoms with Gasteiger partial charge in [-0.1, -0.05) is 19.9 Å². The molecule has 2 nitrogen and oxygen atoms in total. The van der Waals surface area contributed by atoms with Gasteiger partial charge in [-0.3, -0.25) is 4.79 Å². The van der Waals surface area contributed by atoms with Crippen LogP contribution in [0.15, 0.2) is 12.1 Å². The van der Waals surface area contributed by atoms with Crippen LogP contribution in [0.3, 0.4) is 0 Å². The van der Waals surface area contributed by atoms with Crippen LogP contribution in [0.25, 0.3) is 0 Å². The van der Waals surface area contributed by atoms with E-state index in [2.05, 4.69) is 0 Å². The highest BCUT2D eigenvalue weighted by Gasteiger charge is 2.36. The molecule has 0 atom stereocenters. The molecule has 1 heterocycles. The minimum atomic E-state index is -4.43. The largest absolute Gasteiger partial charge is 0.416 e. The average Bonchev–Trinajstić information content (AvgIpc) is 2.31. The van der Waals surface area contributed by atoms with Gasteiger partial charge < -0.3 is 4.90 Å². The minimum absolute atomic E-state index is 0.186. The summed E-state index contributed by atoms with van der Waals surface area (Å²) in [6, 6.07) is 2.57. The lowest BCUT2D eigenvalue weighted by molar-refractivity contribution is -0.138. The van der Waals surface area contributed by atoms with Gasteiger partial charge in [0, 0.05) is 19.2 Å². The molecular weight excluding hydrogens is 255 g/mol. The molecule has 0 N–H and O–H groups in total. The van der Waals surface area contributed by atoms with E-state index in [9.17, 15) is 18.0 Å². The molecule has 1 aliphatic rings. The summed E-state index contributed by atoms with van der Waals surface area (Å²) >= 11 is 0. The molecule has 0 saturated carbocycles. The van der Waals surface area contributed by atoms with Crippen LogP contribution in [-0.4, -0.2) is 24.4 Å². The number of halogens is 3. The Morgan fingerprint density at radius 1 is 1.26 bits per heavy atom. The summed E-state index contributed by atoms with van der Waals surface area (Å²) in [5.74, 6) is -0.557. The smallest absolute Gasteiger partial charge is 0.341 e. The highest BCUT2D eigenvalue weighted by atomic mass is 19.4. The van der Waals surface area contributed by atoms with Crippen molar-refractivity contribution in [1.82, 2.24) is 4.90 Å². The number of benzene rings is 1. The number of hydrogen-bond acceptors (Lipinski definition) is 1. The summed E-state index contributed by atoms with van der Waals surface area (Å²) < 4.78 is 39.2. The third-order valence-electron chi connectivity index (χ3n) is 3.50. The van der Waals surface area contributed by atoms with E-state index in [-0.39, 0.29) is 23.0 Å². The molecule has 19 heavy (non-hydrogen) atoms. The number of carbonyl (C=O) groups excluding carboxylic acids is 1. The second kappa shape index (κ2) is 4.54. The Kier molecular flexibility index (Phi) is 3.32. The van der Waals surface area contributed by atoms with Crippen molar-refractivity contribution in [1.29, 1.82) is 0 Å². The van der Waals surface area contributed by atoms with Gasteiger partial charge in [-0.05, 0) is 29.5 Å². The van der Waals surface area contributed by atoms with Crippen molar-refractivity contribution in [3.05, 3.63) is 34.4 Å². The Morgan fingerprint density at radius 2 is 1.89 bits per heavy atom. The summed E-state index contributed by atoms with van der Waals surface area (Å²) in [4.78, 5) is 13.4. The zero-order valence-electron chi connectivity index (χ0n) is 11.1. The molecule has 0 fully saturated rings. The van der Waals surface area contributed by atoms with E-state index in [1.54, 1.807) is 27.0 Å². The van der Waals surface area contributed by atoms with Crippen molar-refractivity contribution in [2.75, 3.05) is 13.6 Å². The molecule has 0 bridgehead atoms. The molecule has 0 radical (unpaired) electrons. The SMILES string of the molecule is CC(C)c1cc2c(cc1C(F)(F)F)C(=O)N(C)CC2. The number of alkyl halides is 3. The number of rotatable bonds is 1. The summed E-state index contributed by atoms with van der Waals surface area (Å²) in [5.41, 5.74) is 0.485. The van der Waals surface area contributed by atoms with Crippen LogP contribution in [0.5, 0.6) is 0 Å². The number of likely N-dealkylation sites (N-methyl/N-ethyl adjacent to an activating group) is 1. The standard InChI is InChI=1S/C14H16F3NO/c1-8(2)10-6-9-4-5-18(3)13(19)11(9)7-12(10)14(15,16)17/h6-8H,4-5H2,1-3H3. The maximum Gasteiger partial charge on any atom is 0.416 e. The molecule has 5 heteroatoms. The fourth-order valence-corrected chi connectivity index (χ4v) is 2.39. The Labute approximate surface area is 110 Å². The summed E-state index contributed by atoms with van der Waals surface area (Å²) in [6.07, 6.45) is -3.82. The molecule has 2 rings (SSSR count). The highest BCUT2D eigenvalue weighted by molar-refractivity contribution is 5.97. The zero-order chi connectivity index (χ0) is 14.4. The zero-order valence-corrected chi connectivity index (χ0v) is 11.1. The summed E-state index contributed by atoms with van der Waals surface area (Å²) in [5, 5.41) is 0. The molecule has 0 saturated heterocycles. The van der Waals surface area contributed by atoms with E-state index in [1.807, 2.05) is 0 Å². The predicted octanol–water partition coefficient (Wildman–Crippen LogP) is 3.46. The number of fused-ring (bicyclic) bond motifs is 1. The number of amides is 1. The van der Waals surface area contributed by atoms with E-state index >= 15 is 0 Å². The van der Waals surface area contributed by atoms with Crippen LogP contribution in [0.1, 0.15) is 46.8 Å². The molecular formula is C14H16F3NO. The van der Waals surface area contributed by atoms with Gasteiger partial charge in [0.15, 0.2) is 0 Å². The first-order valence-electron chi connectivity index (χ1n) is 6.21. The molecule has 0 spiro atoms. The lowest BCUT2D eigenvalue weighted by atomic mass is 9.88. The van der Waals surface area contributed by atoms with Gasteiger partial charge in [-0.25, -0.2) is 0 Å². The Bertz CT molecular complexity index is 520. The van der Waals surface area contributed by atoms with Gasteiger partial charge in [-0.2, -0.15) is 13.2 Å². The molecule has 0 aliphatic carbocycles. The van der Waals surface area contributed by atoms with Gasteiger partial charge >= 0.3 is 6.18 Å². The van der Waals surface area contributed by atoms with Crippen LogP contribution in [0, 0.1) is 0 Å². The van der Waals surface area contributed by atoms with Crippen molar-refractivity contribution in [2.24, 2.45) is 0 Å². The summed E-state index contributed by atoms with van der Waals surface area (Å²) in [6.45, 7) is 4.01. The molecule has 0 aromatic heterocycles. The second-order valence-corrected chi connectivity index (χ2v) is 5.23. The van der Waals surface area contributed by atoms with Gasteiger partial charge in [-0.15, -0.1) is 0 Å². The topological polar surface area (TPSA) is 20.3 Å². The third kappa shape index (κ3) is 2.46. The van der Waals surface area contributed by atoms with Crippen LogP contribution < -0.4 is 0 Å². The first-order chi connectivity index (χ1) is 8.71. The van der Waals surface area contributed by atoms with Crippen molar-refractivity contribution in [2.45, 2.75) is 32.4 Å². The van der Waals surface area contributed by atoms with Crippen LogP contribution in [0.2, 0.25) is 0 Å². The number of carbonyl (C=O) groups is 1. The molecule has 1 aliphatic heterocycles. The van der Waals surface area contributed by atoms with Gasteiger partial charge in [0.1, 0.15) is 0 Å². The van der Waals surface area contributed by atoms with Crippen LogP contribution >= 0.6 is 0 Å². The van der Waals surface area contributed by atoms with Crippen molar-refractivity contribution in [3.63, 3.8) is 0 Å². The third-order valence-corrected chi connectivity index (χ3v) is 3.50. The van der Waals surface area contributed by atoms with E-state index in [0.717, 1.165) is 11.6 Å². The Balaban J connectivity index is 2.64. The fourth-order valence-electron chi connectivity index (χ4n) is 2.39. The van der Waals surface area contributed by atoms with Crippen LogP contribution in [-0.2, 0) is 12.6 Å².